The minimum atomic E-state index is -3.38. The lowest BCUT2D eigenvalue weighted by Crippen LogP contribution is -2.60. The highest BCUT2D eigenvalue weighted by atomic mass is 28.5. The van der Waals surface area contributed by atoms with E-state index in [0.29, 0.717) is 0 Å². The van der Waals surface area contributed by atoms with Gasteiger partial charge < -0.3 is 39.0 Å². The normalized spacial score (nSPS) is 21.7. The molecule has 0 heterocycles. The van der Waals surface area contributed by atoms with E-state index < -0.39 is 46.4 Å². The smallest absolute Gasteiger partial charge is 0.403 e. The van der Waals surface area contributed by atoms with E-state index in [1.165, 1.54) is 27.9 Å². The Hall–Kier alpha value is 0.724. The van der Waals surface area contributed by atoms with Crippen LogP contribution in [0.5, 0.6) is 0 Å². The third-order valence-electron chi connectivity index (χ3n) is 2.37. The second-order valence-corrected chi connectivity index (χ2v) is 16.0. The van der Waals surface area contributed by atoms with Crippen molar-refractivity contribution in [3.05, 3.63) is 0 Å². The van der Waals surface area contributed by atoms with Crippen LogP contribution in [0.15, 0.2) is 0 Å². The van der Waals surface area contributed by atoms with Crippen LogP contribution in [0.3, 0.4) is 0 Å². The monoisotopic (exact) mass is 394 g/mol. The maximum Gasteiger partial charge on any atom is 0.482 e. The third kappa shape index (κ3) is 8.81. The zero-order valence-corrected chi connectivity index (χ0v) is 19.5. The molecule has 0 bridgehead atoms. The first kappa shape index (κ1) is 21.7. The van der Waals surface area contributed by atoms with Gasteiger partial charge in [-0.1, -0.05) is 0 Å². The van der Waals surface area contributed by atoms with Crippen LogP contribution in [-0.2, 0) is 34.2 Å². The molecule has 0 radical (unpaired) electrons. The van der Waals surface area contributed by atoms with Crippen molar-refractivity contribution in [2.75, 3.05) is 28.4 Å². The van der Waals surface area contributed by atoms with E-state index in [-0.39, 0.29) is 0 Å². The summed E-state index contributed by atoms with van der Waals surface area (Å²) in [5, 5.41) is 0. The van der Waals surface area contributed by atoms with Crippen molar-refractivity contribution in [1.29, 1.82) is 0 Å². The Bertz CT molecular complexity index is 298. The molecule has 3 unspecified atom stereocenters. The van der Waals surface area contributed by atoms with Crippen LogP contribution in [0, 0.1) is 0 Å². The van der Waals surface area contributed by atoms with Gasteiger partial charge in [0.25, 0.3) is 20.0 Å². The Morgan fingerprint density at radius 2 is 1.19 bits per heavy atom. The van der Waals surface area contributed by atoms with Crippen molar-refractivity contribution in [2.45, 2.75) is 19.6 Å². The molecule has 9 nitrogen and oxygen atoms in total. The Morgan fingerprint density at radius 3 is 1.62 bits per heavy atom. The van der Waals surface area contributed by atoms with Gasteiger partial charge in [-0.2, -0.15) is 0 Å². The molecule has 0 rings (SSSR count). The quantitative estimate of drug-likeness (QED) is 0.390. The summed E-state index contributed by atoms with van der Waals surface area (Å²) in [5.74, 6) is 0. The van der Waals surface area contributed by atoms with Crippen LogP contribution < -0.4 is 0 Å². The molecule has 0 amide bonds. The van der Waals surface area contributed by atoms with Crippen LogP contribution in [0.2, 0.25) is 19.6 Å². The second-order valence-electron chi connectivity index (χ2n) is 4.34. The van der Waals surface area contributed by atoms with Gasteiger partial charge in [0.15, 0.2) is 0 Å². The fourth-order valence-corrected chi connectivity index (χ4v) is 12.9. The number of rotatable bonds is 12. The number of hydrogen-bond acceptors (Lipinski definition) is 9. The van der Waals surface area contributed by atoms with Gasteiger partial charge in [-0.3, -0.25) is 0 Å². The summed E-state index contributed by atoms with van der Waals surface area (Å²) in [7, 11) is -5.99. The highest BCUT2D eigenvalue weighted by Crippen LogP contribution is 2.21. The van der Waals surface area contributed by atoms with Crippen molar-refractivity contribution in [2.24, 2.45) is 0 Å². The van der Waals surface area contributed by atoms with Crippen LogP contribution >= 0.6 is 0 Å². The molecule has 3 atom stereocenters. The maximum absolute atomic E-state index is 10.2. The van der Waals surface area contributed by atoms with E-state index >= 15 is 0 Å². The first-order valence-electron chi connectivity index (χ1n) is 6.14. The van der Waals surface area contributed by atoms with E-state index in [2.05, 4.69) is 0 Å². The summed E-state index contributed by atoms with van der Waals surface area (Å²) < 4.78 is 42.9. The van der Waals surface area contributed by atoms with Gasteiger partial charge in [0.1, 0.15) is 0 Å². The molecule has 0 aromatic rings. The van der Waals surface area contributed by atoms with Crippen LogP contribution in [0.4, 0.5) is 0 Å². The predicted molar refractivity (Wildman–Crippen MR) is 86.5 cm³/mol. The Balaban J connectivity index is 4.83. The van der Waals surface area contributed by atoms with Crippen molar-refractivity contribution in [1.82, 2.24) is 0 Å². The lowest BCUT2D eigenvalue weighted by Gasteiger charge is -2.36. The summed E-state index contributed by atoms with van der Waals surface area (Å²) in [5.41, 5.74) is 0. The molecule has 0 aromatic carbocycles. The van der Waals surface area contributed by atoms with Gasteiger partial charge in [0.05, 0.1) is 0 Å². The summed E-state index contributed by atoms with van der Waals surface area (Å²) in [6, 6.07) is 0. The van der Waals surface area contributed by atoms with Crippen molar-refractivity contribution >= 4 is 46.4 Å². The minimum absolute atomic E-state index is 1.20. The highest BCUT2D eigenvalue weighted by molar-refractivity contribution is 6.80. The van der Waals surface area contributed by atoms with Crippen LogP contribution in [0.25, 0.3) is 0 Å². The standard InChI is InChI=1S/C7H26O9Si5/c1-9-17-13-19(5,8)15-21(7,12-4)16-20(6,11-3)14-18-10-2/h8H,17-18H2,1-7H3. The average molecular weight is 395 g/mol. The third-order valence-corrected chi connectivity index (χ3v) is 15.5. The molecule has 128 valence electrons. The van der Waals surface area contributed by atoms with Gasteiger partial charge in [-0.05, 0) is 0 Å². The summed E-state index contributed by atoms with van der Waals surface area (Å²) in [6.45, 7) is 4.85. The molecule has 14 heteroatoms. The van der Waals surface area contributed by atoms with Crippen LogP contribution in [0.1, 0.15) is 0 Å². The van der Waals surface area contributed by atoms with E-state index in [9.17, 15) is 4.80 Å². The SMILES string of the molecule is CO[SiH2]O[Si](C)(O)O[Si](C)(OC)O[Si](C)(OC)O[SiH2]OC. The predicted octanol–water partition coefficient (Wildman–Crippen LogP) is -1.67. The minimum Gasteiger partial charge on any atom is -0.403 e. The first-order chi connectivity index (χ1) is 9.66. The molecule has 1 N–H and O–H groups in total. The summed E-state index contributed by atoms with van der Waals surface area (Å²) in [6.07, 6.45) is 0. The van der Waals surface area contributed by atoms with Gasteiger partial charge in [-0.25, -0.2) is 0 Å². The van der Waals surface area contributed by atoms with Gasteiger partial charge in [-0.15, -0.1) is 0 Å². The van der Waals surface area contributed by atoms with Crippen LogP contribution in [-0.4, -0.2) is 79.7 Å². The van der Waals surface area contributed by atoms with Gasteiger partial charge >= 0.3 is 26.4 Å². The molecule has 0 fully saturated rings. The lowest BCUT2D eigenvalue weighted by molar-refractivity contribution is 0.108. The van der Waals surface area contributed by atoms with E-state index in [1.54, 1.807) is 20.2 Å². The molecule has 0 saturated carbocycles. The molecule has 0 saturated heterocycles. The zero-order valence-electron chi connectivity index (χ0n) is 13.6. The summed E-state index contributed by atoms with van der Waals surface area (Å²) in [4.78, 5) is 10.2. The van der Waals surface area contributed by atoms with E-state index in [1.807, 2.05) is 0 Å². The first-order valence-corrected chi connectivity index (χ1v) is 15.2. The Kier molecular flexibility index (Phi) is 10.1. The molecular weight excluding hydrogens is 368 g/mol. The van der Waals surface area contributed by atoms with Crippen molar-refractivity contribution in [3.63, 3.8) is 0 Å². The fourth-order valence-electron chi connectivity index (χ4n) is 1.28. The largest absolute Gasteiger partial charge is 0.482 e. The second kappa shape index (κ2) is 9.77. The Labute approximate surface area is 134 Å². The number of hydrogen-bond donors (Lipinski definition) is 1. The average Bonchev–Trinajstić information content (AvgIpc) is 2.42. The maximum atomic E-state index is 10.2. The molecule has 0 aliphatic heterocycles. The molecular formula is C7H26O9Si5. The molecule has 0 aliphatic carbocycles. The zero-order chi connectivity index (χ0) is 16.6. The molecule has 0 aromatic heterocycles. The highest BCUT2D eigenvalue weighted by Gasteiger charge is 2.51. The van der Waals surface area contributed by atoms with Crippen molar-refractivity contribution in [3.8, 4) is 0 Å². The molecule has 0 spiro atoms. The van der Waals surface area contributed by atoms with Gasteiger partial charge in [0.2, 0.25) is 0 Å². The molecule has 21 heavy (non-hydrogen) atoms. The Morgan fingerprint density at radius 1 is 0.714 bits per heavy atom. The summed E-state index contributed by atoms with van der Waals surface area (Å²) >= 11 is 0. The topological polar surface area (TPSA) is 94.1 Å². The van der Waals surface area contributed by atoms with E-state index in [4.69, 9.17) is 34.2 Å². The van der Waals surface area contributed by atoms with Gasteiger partial charge in [0, 0.05) is 48.1 Å². The lowest BCUT2D eigenvalue weighted by atomic mass is 11.8. The molecule has 0 aliphatic rings. The van der Waals surface area contributed by atoms with E-state index in [0.717, 1.165) is 0 Å². The fraction of sp³-hybridized carbons (Fsp3) is 1.00. The van der Waals surface area contributed by atoms with Crippen molar-refractivity contribution < 1.29 is 39.0 Å².